The van der Waals surface area contributed by atoms with Crippen molar-refractivity contribution in [2.24, 2.45) is 0 Å². The van der Waals surface area contributed by atoms with Gasteiger partial charge in [-0.25, -0.2) is 4.79 Å². The average Bonchev–Trinajstić information content (AvgIpc) is 2.41. The van der Waals surface area contributed by atoms with E-state index in [4.69, 9.17) is 21.4 Å². The van der Waals surface area contributed by atoms with Crippen LogP contribution >= 0.6 is 34.2 Å². The predicted molar refractivity (Wildman–Crippen MR) is 77.4 cm³/mol. The van der Waals surface area contributed by atoms with Gasteiger partial charge in [0.25, 0.3) is 5.91 Å². The molecule has 0 aliphatic carbocycles. The molecular weight excluding hydrogens is 384 g/mol. The Hall–Kier alpha value is -0.860. The van der Waals surface area contributed by atoms with Crippen molar-refractivity contribution in [2.75, 3.05) is 19.7 Å². The van der Waals surface area contributed by atoms with E-state index in [0.717, 1.165) is 3.57 Å². The SMILES string of the molecule is O=C(O)C1CN(C(=O)c2ccc(I)c(Cl)c2)CCO1. The van der Waals surface area contributed by atoms with Gasteiger partial charge in [0.15, 0.2) is 6.10 Å². The molecule has 0 spiro atoms. The molecule has 0 aromatic heterocycles. The van der Waals surface area contributed by atoms with E-state index in [1.807, 2.05) is 0 Å². The van der Waals surface area contributed by atoms with E-state index in [1.54, 1.807) is 18.2 Å². The van der Waals surface area contributed by atoms with Crippen molar-refractivity contribution in [3.8, 4) is 0 Å². The third kappa shape index (κ3) is 3.37. The summed E-state index contributed by atoms with van der Waals surface area (Å²) >= 11 is 8.06. The van der Waals surface area contributed by atoms with E-state index in [9.17, 15) is 9.59 Å². The molecule has 1 aromatic rings. The van der Waals surface area contributed by atoms with Crippen molar-refractivity contribution in [1.82, 2.24) is 4.90 Å². The molecule has 1 amide bonds. The number of carboxylic acids is 1. The zero-order valence-electron chi connectivity index (χ0n) is 9.81. The number of rotatable bonds is 2. The maximum atomic E-state index is 12.2. The van der Waals surface area contributed by atoms with Crippen molar-refractivity contribution in [3.63, 3.8) is 0 Å². The fourth-order valence-electron chi connectivity index (χ4n) is 1.79. The van der Waals surface area contributed by atoms with Crippen LogP contribution in [0.4, 0.5) is 0 Å². The van der Waals surface area contributed by atoms with Crippen LogP contribution in [0.1, 0.15) is 10.4 Å². The van der Waals surface area contributed by atoms with Gasteiger partial charge in [-0.1, -0.05) is 11.6 Å². The van der Waals surface area contributed by atoms with E-state index in [-0.39, 0.29) is 19.1 Å². The quantitative estimate of drug-likeness (QED) is 0.777. The Labute approximate surface area is 128 Å². The lowest BCUT2D eigenvalue weighted by molar-refractivity contribution is -0.154. The highest BCUT2D eigenvalue weighted by Gasteiger charge is 2.29. The molecule has 1 fully saturated rings. The van der Waals surface area contributed by atoms with Gasteiger partial charge >= 0.3 is 5.97 Å². The summed E-state index contributed by atoms with van der Waals surface area (Å²) in [6, 6.07) is 5.03. The summed E-state index contributed by atoms with van der Waals surface area (Å²) in [5, 5.41) is 9.41. The third-order valence-electron chi connectivity index (χ3n) is 2.80. The predicted octanol–water partition coefficient (Wildman–Crippen LogP) is 1.87. The number of nitrogens with zero attached hydrogens (tertiary/aromatic N) is 1. The fraction of sp³-hybridized carbons (Fsp3) is 0.333. The number of carboxylic acid groups (broad SMARTS) is 1. The number of hydrogen-bond acceptors (Lipinski definition) is 3. The Kier molecular flexibility index (Phi) is 4.64. The van der Waals surface area contributed by atoms with Crippen molar-refractivity contribution in [1.29, 1.82) is 0 Å². The first-order chi connectivity index (χ1) is 8.99. The van der Waals surface area contributed by atoms with Crippen LogP contribution < -0.4 is 0 Å². The molecule has 1 unspecified atom stereocenters. The second-order valence-corrected chi connectivity index (χ2v) is 5.65. The zero-order chi connectivity index (χ0) is 14.0. The number of carbonyl (C=O) groups is 2. The highest BCUT2D eigenvalue weighted by Crippen LogP contribution is 2.21. The van der Waals surface area contributed by atoms with Gasteiger partial charge in [-0.2, -0.15) is 0 Å². The second kappa shape index (κ2) is 6.06. The van der Waals surface area contributed by atoms with Crippen LogP contribution in [-0.2, 0) is 9.53 Å². The van der Waals surface area contributed by atoms with Crippen LogP contribution in [0.3, 0.4) is 0 Å². The number of benzene rings is 1. The molecule has 1 N–H and O–H groups in total. The first-order valence-corrected chi connectivity index (χ1v) is 7.03. The highest BCUT2D eigenvalue weighted by molar-refractivity contribution is 14.1. The van der Waals surface area contributed by atoms with Crippen LogP contribution in [0, 0.1) is 3.57 Å². The molecule has 7 heteroatoms. The van der Waals surface area contributed by atoms with Crippen molar-refractivity contribution >= 4 is 46.1 Å². The Morgan fingerprint density at radius 1 is 1.47 bits per heavy atom. The molecule has 102 valence electrons. The smallest absolute Gasteiger partial charge is 0.334 e. The maximum Gasteiger partial charge on any atom is 0.334 e. The standard InChI is InChI=1S/C12H11ClINO4/c13-8-5-7(1-2-9(8)14)11(16)15-3-4-19-10(6-15)12(17)18/h1-2,5,10H,3-4,6H2,(H,17,18). The largest absolute Gasteiger partial charge is 0.479 e. The summed E-state index contributed by atoms with van der Waals surface area (Å²) in [7, 11) is 0. The Balaban J connectivity index is 2.14. The minimum absolute atomic E-state index is 0.0533. The molecule has 0 radical (unpaired) electrons. The zero-order valence-corrected chi connectivity index (χ0v) is 12.7. The first-order valence-electron chi connectivity index (χ1n) is 5.58. The van der Waals surface area contributed by atoms with E-state index in [0.29, 0.717) is 17.1 Å². The van der Waals surface area contributed by atoms with Gasteiger partial charge in [-0.15, -0.1) is 0 Å². The van der Waals surface area contributed by atoms with Gasteiger partial charge in [0.05, 0.1) is 18.2 Å². The summed E-state index contributed by atoms with van der Waals surface area (Å²) in [6.45, 7) is 0.658. The third-order valence-corrected chi connectivity index (χ3v) is 4.37. The molecule has 1 heterocycles. The maximum absolute atomic E-state index is 12.2. The van der Waals surface area contributed by atoms with Crippen molar-refractivity contribution < 1.29 is 19.4 Å². The van der Waals surface area contributed by atoms with Crippen molar-refractivity contribution in [2.45, 2.75) is 6.10 Å². The number of carbonyl (C=O) groups excluding carboxylic acids is 1. The van der Waals surface area contributed by atoms with Crippen LogP contribution in [0.5, 0.6) is 0 Å². The average molecular weight is 396 g/mol. The number of morpholine rings is 1. The summed E-state index contributed by atoms with van der Waals surface area (Å²) < 4.78 is 5.94. The van der Waals surface area contributed by atoms with E-state index in [2.05, 4.69) is 22.6 Å². The topological polar surface area (TPSA) is 66.8 Å². The number of aliphatic carboxylic acids is 1. The van der Waals surface area contributed by atoms with Crippen LogP contribution in [0.2, 0.25) is 5.02 Å². The number of hydrogen-bond donors (Lipinski definition) is 1. The van der Waals surface area contributed by atoms with Crippen LogP contribution in [0.25, 0.3) is 0 Å². The van der Waals surface area contributed by atoms with Crippen LogP contribution in [-0.4, -0.2) is 47.7 Å². The van der Waals surface area contributed by atoms with Gasteiger partial charge in [-0.05, 0) is 40.8 Å². The van der Waals surface area contributed by atoms with Gasteiger partial charge in [-0.3, -0.25) is 4.79 Å². The van der Waals surface area contributed by atoms with E-state index < -0.39 is 12.1 Å². The molecule has 0 saturated carbocycles. The highest BCUT2D eigenvalue weighted by atomic mass is 127. The molecule has 0 bridgehead atoms. The van der Waals surface area contributed by atoms with Gasteiger partial charge in [0.1, 0.15) is 0 Å². The molecule has 19 heavy (non-hydrogen) atoms. The fourth-order valence-corrected chi connectivity index (χ4v) is 2.31. The van der Waals surface area contributed by atoms with Gasteiger partial charge in [0, 0.05) is 15.7 Å². The van der Waals surface area contributed by atoms with Crippen molar-refractivity contribution in [3.05, 3.63) is 32.4 Å². The van der Waals surface area contributed by atoms with E-state index in [1.165, 1.54) is 4.90 Å². The minimum Gasteiger partial charge on any atom is -0.479 e. The Morgan fingerprint density at radius 3 is 2.84 bits per heavy atom. The summed E-state index contributed by atoms with van der Waals surface area (Å²) in [5.41, 5.74) is 0.455. The molecule has 2 rings (SSSR count). The summed E-state index contributed by atoms with van der Waals surface area (Å²) in [4.78, 5) is 24.6. The van der Waals surface area contributed by atoms with Crippen LogP contribution in [0.15, 0.2) is 18.2 Å². The molecule has 1 aromatic carbocycles. The Morgan fingerprint density at radius 2 is 2.21 bits per heavy atom. The minimum atomic E-state index is -1.06. The first kappa shape index (κ1) is 14.5. The normalized spacial score (nSPS) is 19.3. The van der Waals surface area contributed by atoms with Gasteiger partial charge in [0.2, 0.25) is 0 Å². The lowest BCUT2D eigenvalue weighted by Crippen LogP contribution is -2.48. The second-order valence-electron chi connectivity index (χ2n) is 4.08. The van der Waals surface area contributed by atoms with E-state index >= 15 is 0 Å². The van der Waals surface area contributed by atoms with Gasteiger partial charge < -0.3 is 14.7 Å². The Bertz CT molecular complexity index is 522. The molecule has 1 atom stereocenters. The number of ether oxygens (including phenoxy) is 1. The summed E-state index contributed by atoms with van der Waals surface area (Å²) in [5.74, 6) is -1.29. The molecule has 5 nitrogen and oxygen atoms in total. The number of halogens is 2. The lowest BCUT2D eigenvalue weighted by atomic mass is 10.1. The molecule has 1 aliphatic heterocycles. The monoisotopic (exact) mass is 395 g/mol. The lowest BCUT2D eigenvalue weighted by Gasteiger charge is -2.31. The summed E-state index contributed by atoms with van der Waals surface area (Å²) in [6.07, 6.45) is -0.961. The molecular formula is C12H11ClINO4. The molecule has 1 aliphatic rings. The molecule has 1 saturated heterocycles. The number of amides is 1.